The first-order valence-corrected chi connectivity index (χ1v) is 6.59. The van der Waals surface area contributed by atoms with Crippen molar-refractivity contribution in [3.8, 4) is 0 Å². The average molecular weight is 272 g/mol. The summed E-state index contributed by atoms with van der Waals surface area (Å²) in [5.74, 6) is 0. The first-order valence-electron chi connectivity index (χ1n) is 6.19. The zero-order valence-corrected chi connectivity index (χ0v) is 13.2. The molecular formula is C13H24N2O2S. The summed E-state index contributed by atoms with van der Waals surface area (Å²) in [6.07, 6.45) is -0.353. The van der Waals surface area contributed by atoms with E-state index in [1.807, 2.05) is 32.7 Å². The Hall–Kier alpha value is -0.840. The zero-order chi connectivity index (χ0) is 14.3. The van der Waals surface area contributed by atoms with Crippen LogP contribution in [0.4, 0.5) is 4.79 Å². The average Bonchev–Trinajstić information content (AvgIpc) is 2.39. The van der Waals surface area contributed by atoms with Crippen molar-refractivity contribution in [3.63, 3.8) is 0 Å². The van der Waals surface area contributed by atoms with E-state index < -0.39 is 5.60 Å². The molecule has 0 aromatic rings. The standard InChI is InChI=1S/C13H24N2O2S/c1-12(2,3)10-14(7)9(18)8-15(10)11(16)17-13(4,5)6/h10H,8H2,1-7H3. The van der Waals surface area contributed by atoms with E-state index in [4.69, 9.17) is 17.0 Å². The van der Waals surface area contributed by atoms with Gasteiger partial charge in [0.05, 0.1) is 11.5 Å². The van der Waals surface area contributed by atoms with Gasteiger partial charge in [-0.25, -0.2) is 4.79 Å². The van der Waals surface area contributed by atoms with Gasteiger partial charge in [0.25, 0.3) is 0 Å². The minimum Gasteiger partial charge on any atom is -0.444 e. The van der Waals surface area contributed by atoms with E-state index in [9.17, 15) is 4.79 Å². The number of amides is 1. The number of likely N-dealkylation sites (N-methyl/N-ethyl adjacent to an activating group) is 1. The number of hydrogen-bond donors (Lipinski definition) is 0. The summed E-state index contributed by atoms with van der Waals surface area (Å²) in [5.41, 5.74) is -0.561. The summed E-state index contributed by atoms with van der Waals surface area (Å²) in [6, 6.07) is 0. The maximum absolute atomic E-state index is 12.2. The Morgan fingerprint density at radius 2 is 1.78 bits per heavy atom. The fraction of sp³-hybridized carbons (Fsp3) is 0.846. The van der Waals surface area contributed by atoms with Gasteiger partial charge in [-0.2, -0.15) is 0 Å². The predicted molar refractivity (Wildman–Crippen MR) is 76.5 cm³/mol. The van der Waals surface area contributed by atoms with Crippen molar-refractivity contribution in [1.82, 2.24) is 9.80 Å². The Labute approximate surface area is 115 Å². The number of carbonyl (C=O) groups excluding carboxylic acids is 1. The number of hydrogen-bond acceptors (Lipinski definition) is 3. The molecule has 1 unspecified atom stereocenters. The van der Waals surface area contributed by atoms with Crippen LogP contribution in [0, 0.1) is 5.41 Å². The normalized spacial score (nSPS) is 21.5. The van der Waals surface area contributed by atoms with E-state index in [1.54, 1.807) is 4.90 Å². The second-order valence-electron chi connectivity index (χ2n) is 6.85. The number of thiocarbonyl (C=S) groups is 1. The lowest BCUT2D eigenvalue weighted by atomic mass is 9.91. The Bertz CT molecular complexity index is 355. The number of carbonyl (C=O) groups is 1. The third-order valence-corrected chi connectivity index (χ3v) is 3.18. The molecule has 18 heavy (non-hydrogen) atoms. The Kier molecular flexibility index (Phi) is 3.96. The van der Waals surface area contributed by atoms with Gasteiger partial charge in [0.2, 0.25) is 0 Å². The number of rotatable bonds is 0. The molecule has 0 aromatic heterocycles. The minimum atomic E-state index is -0.484. The SMILES string of the molecule is CN1C(=S)CN(C(=O)OC(C)(C)C)C1C(C)(C)C. The van der Waals surface area contributed by atoms with Crippen LogP contribution in [0.5, 0.6) is 0 Å². The van der Waals surface area contributed by atoms with E-state index in [0.29, 0.717) is 6.54 Å². The highest BCUT2D eigenvalue weighted by Gasteiger charge is 2.44. The molecule has 1 heterocycles. The van der Waals surface area contributed by atoms with Gasteiger partial charge in [-0.3, -0.25) is 4.90 Å². The summed E-state index contributed by atoms with van der Waals surface area (Å²) in [5, 5.41) is 0. The minimum absolute atomic E-state index is 0.0557. The van der Waals surface area contributed by atoms with Crippen molar-refractivity contribution in [2.45, 2.75) is 53.3 Å². The molecule has 0 spiro atoms. The molecule has 1 fully saturated rings. The zero-order valence-electron chi connectivity index (χ0n) is 12.4. The van der Waals surface area contributed by atoms with Crippen LogP contribution in [-0.4, -0.2) is 46.2 Å². The summed E-state index contributed by atoms with van der Waals surface area (Å²) in [4.78, 5) is 16.7. The summed E-state index contributed by atoms with van der Waals surface area (Å²) < 4.78 is 5.44. The van der Waals surface area contributed by atoms with Crippen molar-refractivity contribution in [2.24, 2.45) is 5.41 Å². The summed E-state index contributed by atoms with van der Waals surface area (Å²) in [7, 11) is 1.93. The molecule has 0 radical (unpaired) electrons. The Morgan fingerprint density at radius 1 is 1.28 bits per heavy atom. The van der Waals surface area contributed by atoms with E-state index in [0.717, 1.165) is 4.99 Å². The topological polar surface area (TPSA) is 32.8 Å². The lowest BCUT2D eigenvalue weighted by Gasteiger charge is -2.38. The van der Waals surface area contributed by atoms with Crippen LogP contribution in [0.1, 0.15) is 41.5 Å². The van der Waals surface area contributed by atoms with Crippen molar-refractivity contribution in [3.05, 3.63) is 0 Å². The van der Waals surface area contributed by atoms with Crippen LogP contribution in [0.3, 0.4) is 0 Å². The lowest BCUT2D eigenvalue weighted by Crippen LogP contribution is -2.50. The van der Waals surface area contributed by atoms with Crippen LogP contribution in [0.25, 0.3) is 0 Å². The van der Waals surface area contributed by atoms with E-state index in [2.05, 4.69) is 20.8 Å². The van der Waals surface area contributed by atoms with Gasteiger partial charge >= 0.3 is 6.09 Å². The van der Waals surface area contributed by atoms with Gasteiger partial charge < -0.3 is 9.64 Å². The molecule has 5 heteroatoms. The molecule has 0 aliphatic carbocycles. The Morgan fingerprint density at radius 3 is 2.17 bits per heavy atom. The first kappa shape index (κ1) is 15.2. The second kappa shape index (κ2) is 4.68. The van der Waals surface area contributed by atoms with E-state index >= 15 is 0 Å². The van der Waals surface area contributed by atoms with Gasteiger partial charge in [-0.05, 0) is 20.8 Å². The smallest absolute Gasteiger partial charge is 0.412 e. The highest BCUT2D eigenvalue weighted by atomic mass is 32.1. The van der Waals surface area contributed by atoms with Gasteiger partial charge in [-0.1, -0.05) is 33.0 Å². The van der Waals surface area contributed by atoms with E-state index in [-0.39, 0.29) is 17.7 Å². The number of nitrogens with zero attached hydrogens (tertiary/aromatic N) is 2. The highest BCUT2D eigenvalue weighted by Crippen LogP contribution is 2.32. The molecule has 0 saturated carbocycles. The maximum Gasteiger partial charge on any atom is 0.412 e. The second-order valence-corrected chi connectivity index (χ2v) is 7.32. The predicted octanol–water partition coefficient (Wildman–Crippen LogP) is 2.87. The molecule has 1 atom stereocenters. The van der Waals surface area contributed by atoms with Crippen molar-refractivity contribution in [2.75, 3.05) is 13.6 Å². The monoisotopic (exact) mass is 272 g/mol. The van der Waals surface area contributed by atoms with Crippen molar-refractivity contribution in [1.29, 1.82) is 0 Å². The van der Waals surface area contributed by atoms with Crippen LogP contribution >= 0.6 is 12.2 Å². The summed E-state index contributed by atoms with van der Waals surface area (Å²) in [6.45, 7) is 12.4. The van der Waals surface area contributed by atoms with Crippen molar-refractivity contribution >= 4 is 23.3 Å². The van der Waals surface area contributed by atoms with Gasteiger partial charge in [0.15, 0.2) is 0 Å². The molecule has 1 rings (SSSR count). The molecule has 1 amide bonds. The van der Waals surface area contributed by atoms with Crippen LogP contribution in [-0.2, 0) is 4.74 Å². The molecule has 104 valence electrons. The number of ether oxygens (including phenoxy) is 1. The molecule has 1 saturated heterocycles. The van der Waals surface area contributed by atoms with Gasteiger partial charge in [0, 0.05) is 12.5 Å². The third-order valence-electron chi connectivity index (χ3n) is 2.76. The molecule has 4 nitrogen and oxygen atoms in total. The van der Waals surface area contributed by atoms with Crippen molar-refractivity contribution < 1.29 is 9.53 Å². The van der Waals surface area contributed by atoms with Crippen LogP contribution in [0.2, 0.25) is 0 Å². The molecule has 1 aliphatic heterocycles. The highest BCUT2D eigenvalue weighted by molar-refractivity contribution is 7.80. The molecule has 0 bridgehead atoms. The maximum atomic E-state index is 12.2. The summed E-state index contributed by atoms with van der Waals surface area (Å²) >= 11 is 5.30. The van der Waals surface area contributed by atoms with Crippen LogP contribution < -0.4 is 0 Å². The molecule has 1 aliphatic rings. The third kappa shape index (κ3) is 3.34. The largest absolute Gasteiger partial charge is 0.444 e. The molecule has 0 N–H and O–H groups in total. The van der Waals surface area contributed by atoms with Gasteiger partial charge in [-0.15, -0.1) is 0 Å². The first-order chi connectivity index (χ1) is 7.93. The lowest BCUT2D eigenvalue weighted by molar-refractivity contribution is -0.00377. The van der Waals surface area contributed by atoms with Gasteiger partial charge in [0.1, 0.15) is 11.8 Å². The molecule has 0 aromatic carbocycles. The fourth-order valence-electron chi connectivity index (χ4n) is 2.22. The fourth-order valence-corrected chi connectivity index (χ4v) is 2.46. The Balaban J connectivity index is 2.93. The van der Waals surface area contributed by atoms with Crippen LogP contribution in [0.15, 0.2) is 0 Å². The molecular weight excluding hydrogens is 248 g/mol. The quantitative estimate of drug-likeness (QED) is 0.635. The van der Waals surface area contributed by atoms with E-state index in [1.165, 1.54) is 0 Å².